The Labute approximate surface area is 108 Å². The zero-order valence-corrected chi connectivity index (χ0v) is 12.0. The summed E-state index contributed by atoms with van der Waals surface area (Å²) in [6, 6.07) is 0. The number of piperidine rings is 1. The van der Waals surface area contributed by atoms with Crippen LogP contribution >= 0.6 is 7.60 Å². The van der Waals surface area contributed by atoms with Crippen LogP contribution in [0.4, 0.5) is 0 Å². The van der Waals surface area contributed by atoms with E-state index in [9.17, 15) is 9.36 Å². The van der Waals surface area contributed by atoms with Gasteiger partial charge in [0.15, 0.2) is 5.78 Å². The summed E-state index contributed by atoms with van der Waals surface area (Å²) in [5, 5.41) is 0. The molecular formula is C11H23N2O4P. The normalized spacial score (nSPS) is 18.7. The first-order chi connectivity index (χ1) is 8.55. The number of amides is 1. The molecule has 1 atom stereocenters. The highest BCUT2D eigenvalue weighted by atomic mass is 31.2. The number of carbonyl (C=O) groups is 1. The van der Waals surface area contributed by atoms with E-state index in [1.807, 2.05) is 0 Å². The van der Waals surface area contributed by atoms with E-state index in [2.05, 4.69) is 0 Å². The van der Waals surface area contributed by atoms with Gasteiger partial charge in [-0.05, 0) is 33.1 Å². The van der Waals surface area contributed by atoms with E-state index < -0.39 is 13.4 Å². The number of likely N-dealkylation sites (tertiary alicyclic amines) is 1. The summed E-state index contributed by atoms with van der Waals surface area (Å²) >= 11 is 0. The van der Waals surface area contributed by atoms with E-state index in [1.54, 1.807) is 18.7 Å². The van der Waals surface area contributed by atoms with Crippen LogP contribution in [0.15, 0.2) is 0 Å². The van der Waals surface area contributed by atoms with Crippen LogP contribution in [0, 0.1) is 0 Å². The maximum Gasteiger partial charge on any atom is 0.356 e. The lowest BCUT2D eigenvalue weighted by Gasteiger charge is -2.31. The molecule has 6 nitrogen and oxygen atoms in total. The minimum atomic E-state index is -3.55. The Morgan fingerprint density at radius 3 is 2.17 bits per heavy atom. The fourth-order valence-corrected chi connectivity index (χ4v) is 3.54. The van der Waals surface area contributed by atoms with Gasteiger partial charge in [-0.2, -0.15) is 0 Å². The van der Waals surface area contributed by atoms with Crippen molar-refractivity contribution in [1.82, 2.24) is 4.90 Å². The molecule has 1 heterocycles. The van der Waals surface area contributed by atoms with E-state index in [0.29, 0.717) is 13.1 Å². The molecule has 1 rings (SSSR count). The molecule has 1 amide bonds. The molecule has 1 fully saturated rings. The molecule has 0 aromatic heterocycles. The lowest BCUT2D eigenvalue weighted by Crippen LogP contribution is -2.46. The molecule has 0 spiro atoms. The monoisotopic (exact) mass is 278 g/mol. The van der Waals surface area contributed by atoms with E-state index in [4.69, 9.17) is 14.8 Å². The molecule has 2 N–H and O–H groups in total. The van der Waals surface area contributed by atoms with Gasteiger partial charge in [0, 0.05) is 13.1 Å². The number of rotatable bonds is 6. The molecule has 0 bridgehead atoms. The fraction of sp³-hybridized carbons (Fsp3) is 0.909. The van der Waals surface area contributed by atoms with Gasteiger partial charge in [0.25, 0.3) is 5.91 Å². The molecule has 7 heteroatoms. The molecule has 1 saturated heterocycles. The second kappa shape index (κ2) is 7.24. The van der Waals surface area contributed by atoms with Gasteiger partial charge in [-0.25, -0.2) is 0 Å². The summed E-state index contributed by atoms with van der Waals surface area (Å²) in [4.78, 5) is 13.8. The van der Waals surface area contributed by atoms with Crippen molar-refractivity contribution in [2.45, 2.75) is 38.9 Å². The van der Waals surface area contributed by atoms with Crippen LogP contribution in [0.25, 0.3) is 0 Å². The van der Waals surface area contributed by atoms with Gasteiger partial charge in [-0.3, -0.25) is 9.36 Å². The molecular weight excluding hydrogens is 255 g/mol. The van der Waals surface area contributed by atoms with Crippen LogP contribution < -0.4 is 5.73 Å². The summed E-state index contributed by atoms with van der Waals surface area (Å²) in [5.74, 6) is -1.55. The van der Waals surface area contributed by atoms with Crippen LogP contribution in [-0.4, -0.2) is 42.9 Å². The first-order valence-electron chi connectivity index (χ1n) is 6.48. The van der Waals surface area contributed by atoms with Crippen molar-refractivity contribution in [1.29, 1.82) is 0 Å². The van der Waals surface area contributed by atoms with Gasteiger partial charge in [0.05, 0.1) is 13.2 Å². The van der Waals surface area contributed by atoms with E-state index >= 15 is 0 Å². The van der Waals surface area contributed by atoms with Crippen molar-refractivity contribution in [3.8, 4) is 0 Å². The van der Waals surface area contributed by atoms with Gasteiger partial charge in [-0.15, -0.1) is 0 Å². The Bertz CT molecular complexity index is 308. The van der Waals surface area contributed by atoms with Crippen molar-refractivity contribution < 1.29 is 18.4 Å². The third-order valence-corrected chi connectivity index (χ3v) is 5.02. The second-order valence-electron chi connectivity index (χ2n) is 4.21. The first kappa shape index (κ1) is 15.6. The Morgan fingerprint density at radius 2 is 1.72 bits per heavy atom. The Balaban J connectivity index is 2.72. The predicted octanol–water partition coefficient (Wildman–Crippen LogP) is 1.55. The summed E-state index contributed by atoms with van der Waals surface area (Å²) in [6.45, 7) is 5.15. The quantitative estimate of drug-likeness (QED) is 0.745. The zero-order valence-electron chi connectivity index (χ0n) is 11.1. The lowest BCUT2D eigenvalue weighted by atomic mass is 10.1. The maximum absolute atomic E-state index is 12.4. The molecule has 0 aromatic rings. The van der Waals surface area contributed by atoms with Crippen LogP contribution in [0.2, 0.25) is 0 Å². The molecule has 18 heavy (non-hydrogen) atoms. The number of hydrogen-bond donors (Lipinski definition) is 1. The predicted molar refractivity (Wildman–Crippen MR) is 69.3 cm³/mol. The average Bonchev–Trinajstić information content (AvgIpc) is 2.38. The topological polar surface area (TPSA) is 81.9 Å². The highest BCUT2D eigenvalue weighted by Crippen LogP contribution is 2.51. The van der Waals surface area contributed by atoms with Gasteiger partial charge in [0.1, 0.15) is 0 Å². The van der Waals surface area contributed by atoms with Gasteiger partial charge < -0.3 is 19.7 Å². The van der Waals surface area contributed by atoms with Crippen molar-refractivity contribution in [3.63, 3.8) is 0 Å². The molecule has 1 aliphatic heterocycles. The third-order valence-electron chi connectivity index (χ3n) is 2.88. The summed E-state index contributed by atoms with van der Waals surface area (Å²) in [5.41, 5.74) is 5.79. The fourth-order valence-electron chi connectivity index (χ4n) is 1.99. The van der Waals surface area contributed by atoms with Gasteiger partial charge in [0.2, 0.25) is 0 Å². The molecule has 1 unspecified atom stereocenters. The second-order valence-corrected chi connectivity index (χ2v) is 6.36. The first-order valence-corrected chi connectivity index (χ1v) is 8.09. The van der Waals surface area contributed by atoms with Crippen LogP contribution in [-0.2, 0) is 18.4 Å². The highest BCUT2D eigenvalue weighted by molar-refractivity contribution is 7.55. The minimum absolute atomic E-state index is 0.207. The van der Waals surface area contributed by atoms with E-state index in [1.165, 1.54) is 0 Å². The van der Waals surface area contributed by atoms with Crippen LogP contribution in [0.3, 0.4) is 0 Å². The zero-order chi connectivity index (χ0) is 13.6. The Morgan fingerprint density at radius 1 is 1.22 bits per heavy atom. The molecule has 0 radical (unpaired) electrons. The van der Waals surface area contributed by atoms with E-state index in [0.717, 1.165) is 19.3 Å². The summed E-state index contributed by atoms with van der Waals surface area (Å²) in [6.07, 6.45) is 3.05. The molecule has 0 saturated carbocycles. The average molecular weight is 278 g/mol. The summed E-state index contributed by atoms with van der Waals surface area (Å²) in [7, 11) is -3.55. The van der Waals surface area contributed by atoms with Crippen molar-refractivity contribution in [2.24, 2.45) is 5.73 Å². The standard InChI is InChI=1S/C11H23N2O4P/c1-3-16-18(15,17-4-2)10(12)11(14)13-8-6-5-7-9-13/h10H,3-9,12H2,1-2H3. The number of carbonyl (C=O) groups excluding carboxylic acids is 1. The largest absolute Gasteiger partial charge is 0.356 e. The smallest absolute Gasteiger partial charge is 0.341 e. The Kier molecular flexibility index (Phi) is 6.29. The maximum atomic E-state index is 12.4. The highest BCUT2D eigenvalue weighted by Gasteiger charge is 2.40. The number of nitrogens with two attached hydrogens (primary N) is 1. The molecule has 0 aliphatic carbocycles. The van der Waals surface area contributed by atoms with Gasteiger partial charge in [-0.1, -0.05) is 0 Å². The van der Waals surface area contributed by atoms with Crippen molar-refractivity contribution >= 4 is 13.5 Å². The minimum Gasteiger partial charge on any atom is -0.341 e. The molecule has 106 valence electrons. The van der Waals surface area contributed by atoms with Gasteiger partial charge >= 0.3 is 7.60 Å². The number of nitrogens with zero attached hydrogens (tertiary/aromatic N) is 1. The van der Waals surface area contributed by atoms with E-state index in [-0.39, 0.29) is 19.1 Å². The van der Waals surface area contributed by atoms with Crippen LogP contribution in [0.1, 0.15) is 33.1 Å². The van der Waals surface area contributed by atoms with Crippen molar-refractivity contribution in [2.75, 3.05) is 26.3 Å². The van der Waals surface area contributed by atoms with Crippen LogP contribution in [0.5, 0.6) is 0 Å². The Hall–Kier alpha value is -0.420. The molecule has 0 aromatic carbocycles. The molecule has 1 aliphatic rings. The number of hydrogen-bond acceptors (Lipinski definition) is 5. The lowest BCUT2D eigenvalue weighted by molar-refractivity contribution is -0.132. The SMILES string of the molecule is CCOP(=O)(OCC)C(N)C(=O)N1CCCCC1. The summed E-state index contributed by atoms with van der Waals surface area (Å²) < 4.78 is 22.6. The third kappa shape index (κ3) is 3.79. The van der Waals surface area contributed by atoms with Crippen molar-refractivity contribution in [3.05, 3.63) is 0 Å².